The average Bonchev–Trinajstić information content (AvgIpc) is 2.68. The van der Waals surface area contributed by atoms with Gasteiger partial charge in [0.15, 0.2) is 0 Å². The Morgan fingerprint density at radius 3 is 2.50 bits per heavy atom. The first-order valence-corrected chi connectivity index (χ1v) is 9.94. The lowest BCUT2D eigenvalue weighted by Gasteiger charge is -2.23. The highest BCUT2D eigenvalue weighted by molar-refractivity contribution is 7.89. The predicted molar refractivity (Wildman–Crippen MR) is 102 cm³/mol. The van der Waals surface area contributed by atoms with Crippen LogP contribution in [-0.4, -0.2) is 41.1 Å². The number of carbonyl (C=O) groups is 1. The van der Waals surface area contributed by atoms with E-state index in [1.807, 2.05) is 30.3 Å². The number of hydrogen-bond donors (Lipinski definition) is 1. The Labute approximate surface area is 154 Å². The number of esters is 1. The first kappa shape index (κ1) is 19.9. The maximum absolute atomic E-state index is 12.4. The standard InChI is InChI=1S/C19H24N2O4S/c1-3-21(17-10-5-4-6-11-17)14-8-13-20-26(23,24)18-12-7-9-16(15-18)19(22)25-2/h4-7,9-12,15,20H,3,8,13-14H2,1-2H3. The molecule has 0 saturated heterocycles. The zero-order valence-corrected chi connectivity index (χ0v) is 15.8. The Morgan fingerprint density at radius 1 is 1.12 bits per heavy atom. The van der Waals surface area contributed by atoms with Crippen LogP contribution in [0.25, 0.3) is 0 Å². The summed E-state index contributed by atoms with van der Waals surface area (Å²) < 4.78 is 32.0. The summed E-state index contributed by atoms with van der Waals surface area (Å²) in [4.78, 5) is 13.8. The van der Waals surface area contributed by atoms with E-state index in [1.54, 1.807) is 0 Å². The number of nitrogens with zero attached hydrogens (tertiary/aromatic N) is 1. The van der Waals surface area contributed by atoms with Crippen LogP contribution < -0.4 is 9.62 Å². The molecule has 0 aliphatic rings. The highest BCUT2D eigenvalue weighted by Crippen LogP contribution is 2.14. The van der Waals surface area contributed by atoms with Crippen LogP contribution in [0.5, 0.6) is 0 Å². The molecule has 7 heteroatoms. The second kappa shape index (κ2) is 9.35. The number of sulfonamides is 1. The van der Waals surface area contributed by atoms with Gasteiger partial charge in [-0.3, -0.25) is 0 Å². The smallest absolute Gasteiger partial charge is 0.337 e. The second-order valence-corrected chi connectivity index (χ2v) is 7.45. The number of benzene rings is 2. The zero-order chi connectivity index (χ0) is 19.0. The maximum atomic E-state index is 12.4. The average molecular weight is 376 g/mol. The molecule has 0 spiro atoms. The van der Waals surface area contributed by atoms with Crippen molar-refractivity contribution >= 4 is 21.7 Å². The monoisotopic (exact) mass is 376 g/mol. The number of methoxy groups -OCH3 is 1. The molecule has 0 radical (unpaired) electrons. The minimum absolute atomic E-state index is 0.0517. The molecule has 140 valence electrons. The molecule has 2 aromatic carbocycles. The fourth-order valence-corrected chi connectivity index (χ4v) is 3.70. The van der Waals surface area contributed by atoms with Crippen molar-refractivity contribution in [2.45, 2.75) is 18.2 Å². The first-order valence-electron chi connectivity index (χ1n) is 8.46. The van der Waals surface area contributed by atoms with Crippen molar-refractivity contribution in [3.05, 3.63) is 60.2 Å². The third-order valence-electron chi connectivity index (χ3n) is 3.97. The van der Waals surface area contributed by atoms with Crippen molar-refractivity contribution < 1.29 is 17.9 Å². The highest BCUT2D eigenvalue weighted by atomic mass is 32.2. The molecule has 1 N–H and O–H groups in total. The Bertz CT molecular complexity index is 822. The summed E-state index contributed by atoms with van der Waals surface area (Å²) in [5.74, 6) is -0.566. The number of ether oxygens (including phenoxy) is 1. The van der Waals surface area contributed by atoms with Gasteiger partial charge in [-0.15, -0.1) is 0 Å². The van der Waals surface area contributed by atoms with Gasteiger partial charge in [0.2, 0.25) is 10.0 Å². The Morgan fingerprint density at radius 2 is 1.85 bits per heavy atom. The topological polar surface area (TPSA) is 75.7 Å². The largest absolute Gasteiger partial charge is 0.465 e. The molecule has 2 aromatic rings. The molecule has 0 aliphatic carbocycles. The van der Waals surface area contributed by atoms with Crippen LogP contribution in [0.4, 0.5) is 5.69 Å². The van der Waals surface area contributed by atoms with E-state index in [0.29, 0.717) is 13.0 Å². The van der Waals surface area contributed by atoms with Crippen LogP contribution in [0.15, 0.2) is 59.5 Å². The second-order valence-electron chi connectivity index (χ2n) is 5.69. The van der Waals surface area contributed by atoms with Crippen molar-refractivity contribution in [1.29, 1.82) is 0 Å². The molecule has 2 rings (SSSR count). The number of nitrogens with one attached hydrogen (secondary N) is 1. The molecule has 0 atom stereocenters. The number of anilines is 1. The normalized spacial score (nSPS) is 11.2. The summed E-state index contributed by atoms with van der Waals surface area (Å²) in [5.41, 5.74) is 1.32. The Balaban J connectivity index is 1.93. The van der Waals surface area contributed by atoms with Crippen molar-refractivity contribution in [3.63, 3.8) is 0 Å². The van der Waals surface area contributed by atoms with Gasteiger partial charge in [0.05, 0.1) is 17.6 Å². The van der Waals surface area contributed by atoms with Crippen LogP contribution >= 0.6 is 0 Å². The molecular formula is C19H24N2O4S. The van der Waals surface area contributed by atoms with E-state index < -0.39 is 16.0 Å². The maximum Gasteiger partial charge on any atom is 0.337 e. The van der Waals surface area contributed by atoms with E-state index in [1.165, 1.54) is 31.4 Å². The third kappa shape index (κ3) is 5.31. The van der Waals surface area contributed by atoms with Crippen LogP contribution in [-0.2, 0) is 14.8 Å². The highest BCUT2D eigenvalue weighted by Gasteiger charge is 2.16. The molecular weight excluding hydrogens is 352 g/mol. The minimum atomic E-state index is -3.67. The predicted octanol–water partition coefficient (Wildman–Crippen LogP) is 2.67. The molecule has 0 saturated carbocycles. The molecule has 6 nitrogen and oxygen atoms in total. The van der Waals surface area contributed by atoms with Gasteiger partial charge in [0.25, 0.3) is 0 Å². The molecule has 0 unspecified atom stereocenters. The summed E-state index contributed by atoms with van der Waals surface area (Å²) in [6.07, 6.45) is 0.665. The van der Waals surface area contributed by atoms with E-state index in [9.17, 15) is 13.2 Å². The lowest BCUT2D eigenvalue weighted by molar-refractivity contribution is 0.0600. The SMILES string of the molecule is CCN(CCCNS(=O)(=O)c1cccc(C(=O)OC)c1)c1ccccc1. The molecule has 0 amide bonds. The molecule has 26 heavy (non-hydrogen) atoms. The van der Waals surface area contributed by atoms with E-state index in [4.69, 9.17) is 0 Å². The summed E-state index contributed by atoms with van der Waals surface area (Å²) in [6.45, 7) is 3.97. The van der Waals surface area contributed by atoms with Crippen LogP contribution in [0.2, 0.25) is 0 Å². The van der Waals surface area contributed by atoms with Crippen LogP contribution in [0.1, 0.15) is 23.7 Å². The Hall–Kier alpha value is -2.38. The van der Waals surface area contributed by atoms with Crippen molar-refractivity contribution in [1.82, 2.24) is 4.72 Å². The van der Waals surface area contributed by atoms with Gasteiger partial charge < -0.3 is 9.64 Å². The van der Waals surface area contributed by atoms with Crippen molar-refractivity contribution in [2.24, 2.45) is 0 Å². The quantitative estimate of drug-likeness (QED) is 0.538. The number of rotatable bonds is 9. The van der Waals surface area contributed by atoms with E-state index in [2.05, 4.69) is 21.3 Å². The van der Waals surface area contributed by atoms with Gasteiger partial charge in [0.1, 0.15) is 0 Å². The zero-order valence-electron chi connectivity index (χ0n) is 15.0. The Kier molecular flexibility index (Phi) is 7.17. The van der Waals surface area contributed by atoms with Gasteiger partial charge in [-0.25, -0.2) is 17.9 Å². The van der Waals surface area contributed by atoms with Gasteiger partial charge in [-0.05, 0) is 43.7 Å². The van der Waals surface area contributed by atoms with Crippen molar-refractivity contribution in [3.8, 4) is 0 Å². The summed E-state index contributed by atoms with van der Waals surface area (Å²) in [7, 11) is -2.41. The number of para-hydroxylation sites is 1. The lowest BCUT2D eigenvalue weighted by atomic mass is 10.2. The first-order chi connectivity index (χ1) is 12.5. The summed E-state index contributed by atoms with van der Waals surface area (Å²) in [6, 6.07) is 15.8. The molecule has 0 aromatic heterocycles. The number of hydrogen-bond acceptors (Lipinski definition) is 5. The van der Waals surface area contributed by atoms with Gasteiger partial charge in [0, 0.05) is 25.3 Å². The van der Waals surface area contributed by atoms with Gasteiger partial charge in [-0.2, -0.15) is 0 Å². The molecule has 0 heterocycles. The van der Waals surface area contributed by atoms with Crippen molar-refractivity contribution in [2.75, 3.05) is 31.6 Å². The summed E-state index contributed by atoms with van der Waals surface area (Å²) in [5, 5.41) is 0. The fourth-order valence-electron chi connectivity index (χ4n) is 2.58. The van der Waals surface area contributed by atoms with Gasteiger partial charge >= 0.3 is 5.97 Å². The lowest BCUT2D eigenvalue weighted by Crippen LogP contribution is -2.30. The van der Waals surface area contributed by atoms with Crippen LogP contribution in [0, 0.1) is 0 Å². The van der Waals surface area contributed by atoms with E-state index in [0.717, 1.165) is 18.8 Å². The molecule has 0 fully saturated rings. The van der Waals surface area contributed by atoms with E-state index in [-0.39, 0.29) is 10.5 Å². The minimum Gasteiger partial charge on any atom is -0.465 e. The fraction of sp³-hybridized carbons (Fsp3) is 0.316. The molecule has 0 aliphatic heterocycles. The summed E-state index contributed by atoms with van der Waals surface area (Å²) >= 11 is 0. The number of carbonyl (C=O) groups excluding carboxylic acids is 1. The molecule has 0 bridgehead atoms. The van der Waals surface area contributed by atoms with Gasteiger partial charge in [-0.1, -0.05) is 24.3 Å². The van der Waals surface area contributed by atoms with E-state index >= 15 is 0 Å². The van der Waals surface area contributed by atoms with Crippen LogP contribution in [0.3, 0.4) is 0 Å². The third-order valence-corrected chi connectivity index (χ3v) is 5.42.